The maximum absolute atomic E-state index is 12.6. The summed E-state index contributed by atoms with van der Waals surface area (Å²) in [7, 11) is 0. The van der Waals surface area contributed by atoms with Crippen LogP contribution in [-0.4, -0.2) is 25.3 Å². The number of rotatable bonds is 6. The number of para-hydroxylation sites is 1. The fourth-order valence-electron chi connectivity index (χ4n) is 2.67. The quantitative estimate of drug-likeness (QED) is 0.478. The number of amides is 1. The monoisotopic (exact) mass is 425 g/mol. The molecule has 29 heavy (non-hydrogen) atoms. The van der Waals surface area contributed by atoms with Gasteiger partial charge in [-0.3, -0.25) is 4.79 Å². The van der Waals surface area contributed by atoms with Crippen LogP contribution in [0.15, 0.2) is 76.6 Å². The van der Waals surface area contributed by atoms with Crippen LogP contribution in [0.4, 0.5) is 5.69 Å². The van der Waals surface area contributed by atoms with Gasteiger partial charge in [0.1, 0.15) is 11.6 Å². The number of hydrogen-bond acceptors (Lipinski definition) is 5. The summed E-state index contributed by atoms with van der Waals surface area (Å²) < 4.78 is 2.31. The summed E-state index contributed by atoms with van der Waals surface area (Å²) in [6.07, 6.45) is 0. The summed E-state index contributed by atoms with van der Waals surface area (Å²) >= 11 is 7.40. The van der Waals surface area contributed by atoms with Crippen molar-refractivity contribution in [2.75, 3.05) is 5.32 Å². The fourth-order valence-corrected chi connectivity index (χ4v) is 3.60. The minimum atomic E-state index is -0.461. The van der Waals surface area contributed by atoms with E-state index in [9.17, 15) is 9.59 Å². The molecule has 0 radical (unpaired) electrons. The molecule has 0 saturated carbocycles. The highest BCUT2D eigenvalue weighted by atomic mass is 35.5. The van der Waals surface area contributed by atoms with Gasteiger partial charge >= 0.3 is 5.69 Å². The van der Waals surface area contributed by atoms with Crippen LogP contribution >= 0.6 is 23.4 Å². The van der Waals surface area contributed by atoms with E-state index in [-0.39, 0.29) is 12.5 Å². The predicted octanol–water partition coefficient (Wildman–Crippen LogP) is 3.48. The topological polar surface area (TPSA) is 81.3 Å². The van der Waals surface area contributed by atoms with Gasteiger partial charge in [0.2, 0.25) is 5.91 Å². The minimum absolute atomic E-state index is 0.190. The number of carbonyl (C=O) groups excluding carboxylic acids is 1. The summed E-state index contributed by atoms with van der Waals surface area (Å²) in [5.74, 6) is 0.358. The van der Waals surface area contributed by atoms with Crippen molar-refractivity contribution in [1.29, 1.82) is 0 Å². The van der Waals surface area contributed by atoms with Crippen LogP contribution < -0.4 is 11.0 Å². The van der Waals surface area contributed by atoms with E-state index in [1.54, 1.807) is 24.3 Å². The lowest BCUT2D eigenvalue weighted by Crippen LogP contribution is -2.28. The number of anilines is 1. The van der Waals surface area contributed by atoms with Crippen molar-refractivity contribution >= 4 is 40.6 Å². The fraction of sp³-hybridized carbons (Fsp3) is 0.100. The number of thioether (sulfide) groups is 1. The largest absolute Gasteiger partial charge is 0.367 e. The second kappa shape index (κ2) is 8.50. The van der Waals surface area contributed by atoms with Gasteiger partial charge in [-0.25, -0.2) is 9.48 Å². The van der Waals surface area contributed by atoms with Gasteiger partial charge in [-0.15, -0.1) is 5.10 Å². The Kier molecular flexibility index (Phi) is 5.64. The van der Waals surface area contributed by atoms with Crippen LogP contribution in [0.5, 0.6) is 0 Å². The van der Waals surface area contributed by atoms with E-state index in [1.165, 1.54) is 16.3 Å². The van der Waals surface area contributed by atoms with Crippen molar-refractivity contribution < 1.29 is 4.79 Å². The number of nitrogens with zero attached hydrogens (tertiary/aromatic N) is 4. The number of nitrogens with one attached hydrogen (secondary N) is 1. The van der Waals surface area contributed by atoms with Crippen LogP contribution in [0, 0.1) is 0 Å². The molecule has 0 bridgehead atoms. The Morgan fingerprint density at radius 2 is 1.76 bits per heavy atom. The lowest BCUT2D eigenvalue weighted by atomic mass is 10.2. The molecule has 0 spiro atoms. The highest BCUT2D eigenvalue weighted by Gasteiger charge is 2.12. The minimum Gasteiger partial charge on any atom is -0.324 e. The second-order valence-electron chi connectivity index (χ2n) is 6.21. The zero-order valence-corrected chi connectivity index (χ0v) is 16.7. The number of benzene rings is 2. The molecule has 7 nitrogen and oxygen atoms in total. The molecule has 0 fully saturated rings. The average molecular weight is 426 g/mol. The standard InChI is InChI=1S/C20H16ClN5O2S/c21-15-8-6-14(7-9-15)13-29-19-11-10-17-23-25(20(28)26(17)24-19)12-18(27)22-16-4-2-1-3-5-16/h1-11H,12-13H2,(H,22,27). The molecule has 146 valence electrons. The third-order valence-corrected chi connectivity index (χ3v) is 5.31. The summed E-state index contributed by atoms with van der Waals surface area (Å²) in [5, 5.41) is 12.6. The molecule has 0 aliphatic rings. The van der Waals surface area contributed by atoms with Crippen molar-refractivity contribution in [3.8, 4) is 0 Å². The summed E-state index contributed by atoms with van der Waals surface area (Å²) in [6, 6.07) is 20.1. The van der Waals surface area contributed by atoms with E-state index in [0.29, 0.717) is 27.1 Å². The Morgan fingerprint density at radius 1 is 1.00 bits per heavy atom. The van der Waals surface area contributed by atoms with Gasteiger partial charge in [-0.1, -0.05) is 53.7 Å². The molecule has 0 atom stereocenters. The number of aromatic nitrogens is 4. The Morgan fingerprint density at radius 3 is 2.52 bits per heavy atom. The van der Waals surface area contributed by atoms with Gasteiger partial charge < -0.3 is 5.32 Å². The van der Waals surface area contributed by atoms with Gasteiger partial charge in [0.15, 0.2) is 5.65 Å². The Hall–Kier alpha value is -3.10. The van der Waals surface area contributed by atoms with E-state index in [4.69, 9.17) is 11.6 Å². The molecule has 0 aliphatic heterocycles. The summed E-state index contributed by atoms with van der Waals surface area (Å²) in [5.41, 5.74) is 1.69. The molecular formula is C20H16ClN5O2S. The number of hydrogen-bond donors (Lipinski definition) is 1. The normalized spacial score (nSPS) is 10.9. The summed E-state index contributed by atoms with van der Waals surface area (Å²) in [4.78, 5) is 24.8. The first-order chi connectivity index (χ1) is 14.1. The van der Waals surface area contributed by atoms with Crippen LogP contribution in [-0.2, 0) is 17.1 Å². The number of carbonyl (C=O) groups is 1. The Labute approximate surface area is 175 Å². The molecule has 1 N–H and O–H groups in total. The lowest BCUT2D eigenvalue weighted by molar-refractivity contribution is -0.117. The molecule has 2 aromatic heterocycles. The first kappa shape index (κ1) is 19.2. The zero-order valence-electron chi connectivity index (χ0n) is 15.2. The van der Waals surface area contributed by atoms with Gasteiger partial charge in [-0.05, 0) is 42.0 Å². The highest BCUT2D eigenvalue weighted by molar-refractivity contribution is 7.98. The molecule has 0 aliphatic carbocycles. The van der Waals surface area contributed by atoms with Gasteiger partial charge in [0.25, 0.3) is 0 Å². The van der Waals surface area contributed by atoms with Gasteiger partial charge in [0.05, 0.1) is 0 Å². The maximum Gasteiger partial charge on any atom is 0.367 e. The first-order valence-corrected chi connectivity index (χ1v) is 10.1. The van der Waals surface area contributed by atoms with E-state index in [1.807, 2.05) is 42.5 Å². The van der Waals surface area contributed by atoms with Crippen LogP contribution in [0.3, 0.4) is 0 Å². The van der Waals surface area contributed by atoms with Crippen molar-refractivity contribution in [3.05, 3.63) is 87.8 Å². The lowest BCUT2D eigenvalue weighted by Gasteiger charge is -2.03. The Bertz CT molecular complexity index is 1210. The molecule has 0 unspecified atom stereocenters. The van der Waals surface area contributed by atoms with Crippen LogP contribution in [0.25, 0.3) is 5.65 Å². The van der Waals surface area contributed by atoms with Crippen molar-refractivity contribution in [1.82, 2.24) is 19.4 Å². The van der Waals surface area contributed by atoms with E-state index >= 15 is 0 Å². The number of fused-ring (bicyclic) bond motifs is 1. The highest BCUT2D eigenvalue weighted by Crippen LogP contribution is 2.21. The second-order valence-corrected chi connectivity index (χ2v) is 7.64. The molecule has 2 aromatic carbocycles. The van der Waals surface area contributed by atoms with Crippen molar-refractivity contribution in [2.24, 2.45) is 0 Å². The zero-order chi connectivity index (χ0) is 20.2. The van der Waals surface area contributed by atoms with Crippen molar-refractivity contribution in [3.63, 3.8) is 0 Å². The SMILES string of the molecule is O=C(Cn1nc2ccc(SCc3ccc(Cl)cc3)nn2c1=O)Nc1ccccc1. The number of halogens is 1. The molecule has 9 heteroatoms. The molecule has 2 heterocycles. The third-order valence-electron chi connectivity index (χ3n) is 4.07. The van der Waals surface area contributed by atoms with Gasteiger partial charge in [-0.2, -0.15) is 9.61 Å². The average Bonchev–Trinajstić information content (AvgIpc) is 3.03. The van der Waals surface area contributed by atoms with Gasteiger partial charge in [0, 0.05) is 16.5 Å². The molecule has 4 rings (SSSR count). The molecule has 1 amide bonds. The van der Waals surface area contributed by atoms with E-state index in [2.05, 4.69) is 15.5 Å². The molecular weight excluding hydrogens is 410 g/mol. The smallest absolute Gasteiger partial charge is 0.324 e. The van der Waals surface area contributed by atoms with E-state index in [0.717, 1.165) is 10.2 Å². The third kappa shape index (κ3) is 4.67. The van der Waals surface area contributed by atoms with E-state index < -0.39 is 5.69 Å². The van der Waals surface area contributed by atoms with Crippen molar-refractivity contribution in [2.45, 2.75) is 17.3 Å². The van der Waals surface area contributed by atoms with Crippen LogP contribution in [0.1, 0.15) is 5.56 Å². The molecule has 0 saturated heterocycles. The Balaban J connectivity index is 1.47. The first-order valence-electron chi connectivity index (χ1n) is 8.77. The molecule has 4 aromatic rings. The van der Waals surface area contributed by atoms with Crippen LogP contribution in [0.2, 0.25) is 5.02 Å². The summed E-state index contributed by atoms with van der Waals surface area (Å²) in [6.45, 7) is -0.190. The maximum atomic E-state index is 12.6. The predicted molar refractivity (Wildman–Crippen MR) is 113 cm³/mol.